The lowest BCUT2D eigenvalue weighted by molar-refractivity contribution is -0.137. The van der Waals surface area contributed by atoms with E-state index in [9.17, 15) is 18.9 Å². The lowest BCUT2D eigenvalue weighted by atomic mass is 10.1. The highest BCUT2D eigenvalue weighted by atomic mass is 31.2. The Morgan fingerprint density at radius 3 is 1.56 bits per heavy atom. The minimum atomic E-state index is -4.63. The van der Waals surface area contributed by atoms with Crippen LogP contribution in [0.4, 0.5) is 9.59 Å². The van der Waals surface area contributed by atoms with E-state index in [-0.39, 0.29) is 13.2 Å². The number of likely N-dealkylation sites (N-methyl/N-ethyl adjacent to an activating group) is 1. The van der Waals surface area contributed by atoms with Crippen LogP contribution in [0.5, 0.6) is 0 Å². The first-order chi connectivity index (χ1) is 19.4. The Balaban J connectivity index is 5.02. The summed E-state index contributed by atoms with van der Waals surface area (Å²) in [4.78, 5) is 36.0. The van der Waals surface area contributed by atoms with Gasteiger partial charge in [-0.1, -0.05) is 78.1 Å². The highest BCUT2D eigenvalue weighted by molar-refractivity contribution is 7.52. The molecule has 2 atom stereocenters. The van der Waals surface area contributed by atoms with E-state index in [2.05, 4.69) is 18.6 Å². The SMILES string of the molecule is CCCCCCCCOC(=O)OC(C)OP(=O)(/N=C(/N)N(C)CC(=O)O)OC(C)OC(=O)OCCCCCCCC. The maximum atomic E-state index is 13.4. The summed E-state index contributed by atoms with van der Waals surface area (Å²) >= 11 is 0. The first-order valence-electron chi connectivity index (χ1n) is 14.3. The summed E-state index contributed by atoms with van der Waals surface area (Å²) in [7, 11) is -3.34. The monoisotopic (exact) mass is 611 g/mol. The molecule has 0 radical (unpaired) electrons. The minimum absolute atomic E-state index is 0.142. The molecule has 0 aromatic carbocycles. The maximum Gasteiger partial charge on any atom is 0.510 e. The van der Waals surface area contributed by atoms with Crippen LogP contribution >= 0.6 is 7.75 Å². The molecule has 0 saturated carbocycles. The van der Waals surface area contributed by atoms with Crippen LogP contribution in [0.3, 0.4) is 0 Å². The molecule has 15 heteroatoms. The van der Waals surface area contributed by atoms with Crippen molar-refractivity contribution in [1.82, 2.24) is 4.90 Å². The molecule has 0 rings (SSSR count). The normalized spacial score (nSPS) is 14.4. The third-order valence-corrected chi connectivity index (χ3v) is 7.09. The van der Waals surface area contributed by atoms with E-state index in [1.807, 2.05) is 0 Å². The average Bonchev–Trinajstić information content (AvgIpc) is 2.86. The Morgan fingerprint density at radius 1 is 0.780 bits per heavy atom. The third-order valence-electron chi connectivity index (χ3n) is 5.51. The van der Waals surface area contributed by atoms with Gasteiger partial charge in [-0.05, 0) is 26.7 Å². The smallest absolute Gasteiger partial charge is 0.480 e. The van der Waals surface area contributed by atoms with Crippen LogP contribution in [-0.2, 0) is 37.4 Å². The molecule has 0 spiro atoms. The fraction of sp³-hybridized carbons (Fsp3) is 0.846. The number of carboxylic acid groups (broad SMARTS) is 1. The molecule has 0 saturated heterocycles. The molecule has 0 aromatic rings. The van der Waals surface area contributed by atoms with Gasteiger partial charge in [-0.15, -0.1) is 4.76 Å². The molecular weight excluding hydrogens is 561 g/mol. The number of nitrogens with zero attached hydrogens (tertiary/aromatic N) is 2. The Labute approximate surface area is 243 Å². The second-order valence-electron chi connectivity index (χ2n) is 9.49. The van der Waals surface area contributed by atoms with E-state index in [1.54, 1.807) is 0 Å². The first-order valence-corrected chi connectivity index (χ1v) is 15.8. The van der Waals surface area contributed by atoms with Crippen molar-refractivity contribution in [3.05, 3.63) is 0 Å². The van der Waals surface area contributed by atoms with Crippen molar-refractivity contribution in [2.75, 3.05) is 26.8 Å². The van der Waals surface area contributed by atoms with E-state index >= 15 is 0 Å². The summed E-state index contributed by atoms with van der Waals surface area (Å²) in [5, 5.41) is 8.98. The number of carboxylic acids is 1. The maximum absolute atomic E-state index is 13.4. The molecule has 0 bridgehead atoms. The zero-order valence-electron chi connectivity index (χ0n) is 25.2. The molecule has 0 aromatic heterocycles. The largest absolute Gasteiger partial charge is 0.510 e. The van der Waals surface area contributed by atoms with Gasteiger partial charge >= 0.3 is 26.0 Å². The van der Waals surface area contributed by atoms with Crippen LogP contribution in [0, 0.1) is 0 Å². The van der Waals surface area contributed by atoms with Crippen molar-refractivity contribution < 1.29 is 52.1 Å². The number of carbonyl (C=O) groups excluding carboxylic acids is 2. The zero-order valence-corrected chi connectivity index (χ0v) is 26.1. The number of rotatable bonds is 23. The van der Waals surface area contributed by atoms with Crippen LogP contribution in [0.15, 0.2) is 4.76 Å². The average molecular weight is 612 g/mol. The van der Waals surface area contributed by atoms with Crippen LogP contribution in [0.1, 0.15) is 105 Å². The molecule has 0 aliphatic carbocycles. The van der Waals surface area contributed by atoms with Gasteiger partial charge in [0.2, 0.25) is 18.5 Å². The summed E-state index contributed by atoms with van der Waals surface area (Å²) < 4.78 is 47.6. The fourth-order valence-electron chi connectivity index (χ4n) is 3.39. The van der Waals surface area contributed by atoms with Crippen LogP contribution < -0.4 is 5.73 Å². The molecule has 14 nitrogen and oxygen atoms in total. The van der Waals surface area contributed by atoms with E-state index < -0.39 is 51.1 Å². The predicted octanol–water partition coefficient (Wildman–Crippen LogP) is 6.18. The lowest BCUT2D eigenvalue weighted by Crippen LogP contribution is -2.37. The Morgan fingerprint density at radius 2 is 1.17 bits per heavy atom. The summed E-state index contributed by atoms with van der Waals surface area (Å²) in [6.45, 7) is 6.46. The van der Waals surface area contributed by atoms with Crippen molar-refractivity contribution in [2.45, 2.75) is 117 Å². The molecule has 2 unspecified atom stereocenters. The lowest BCUT2D eigenvalue weighted by Gasteiger charge is -2.23. The van der Waals surface area contributed by atoms with Gasteiger partial charge in [0.25, 0.3) is 0 Å². The standard InChI is InChI=1S/C26H50N3O11P/c1-6-8-10-12-14-16-18-35-25(32)37-21(3)39-41(34,28-24(27)29(5)20-23(30)31)40-22(4)38-26(33)36-19-17-15-13-11-9-7-2/h21-22H,6-20H2,1-5H3,(H,30,31)(H2,27,28,34). The summed E-state index contributed by atoms with van der Waals surface area (Å²) in [5.41, 5.74) is 5.77. The van der Waals surface area contributed by atoms with Gasteiger partial charge in [-0.2, -0.15) is 0 Å². The molecule has 0 amide bonds. The Bertz CT molecular complexity index is 784. The van der Waals surface area contributed by atoms with E-state index in [1.165, 1.54) is 20.9 Å². The third kappa shape index (κ3) is 21.8. The molecular formula is C26H50N3O11P. The van der Waals surface area contributed by atoms with Gasteiger partial charge in [0.1, 0.15) is 6.54 Å². The Kier molecular flexibility index (Phi) is 21.6. The Hall–Kier alpha value is -2.57. The van der Waals surface area contributed by atoms with Crippen molar-refractivity contribution in [3.8, 4) is 0 Å². The number of hydrogen-bond donors (Lipinski definition) is 2. The molecule has 0 aliphatic rings. The number of nitrogens with two attached hydrogens (primary N) is 1. The fourth-order valence-corrected chi connectivity index (χ4v) is 4.77. The van der Waals surface area contributed by atoms with Gasteiger partial charge in [0.05, 0.1) is 13.2 Å². The van der Waals surface area contributed by atoms with Gasteiger partial charge < -0.3 is 34.7 Å². The molecule has 0 aliphatic heterocycles. The van der Waals surface area contributed by atoms with E-state index in [0.717, 1.165) is 69.1 Å². The number of aliphatic carboxylic acids is 1. The van der Waals surface area contributed by atoms with Crippen LogP contribution in [-0.4, -0.2) is 73.6 Å². The van der Waals surface area contributed by atoms with Crippen LogP contribution in [0.2, 0.25) is 0 Å². The molecule has 41 heavy (non-hydrogen) atoms. The van der Waals surface area contributed by atoms with Crippen molar-refractivity contribution in [1.29, 1.82) is 0 Å². The van der Waals surface area contributed by atoms with E-state index in [4.69, 9.17) is 38.8 Å². The quantitative estimate of drug-likeness (QED) is 0.0333. The number of unbranched alkanes of at least 4 members (excludes halogenated alkanes) is 10. The molecule has 240 valence electrons. The molecule has 0 fully saturated rings. The molecule has 0 heterocycles. The highest BCUT2D eigenvalue weighted by Gasteiger charge is 2.34. The van der Waals surface area contributed by atoms with Gasteiger partial charge in [0, 0.05) is 7.05 Å². The number of ether oxygens (including phenoxy) is 4. The van der Waals surface area contributed by atoms with Crippen LogP contribution in [0.25, 0.3) is 0 Å². The summed E-state index contributed by atoms with van der Waals surface area (Å²) in [6.07, 6.45) is 6.94. The number of carbonyl (C=O) groups is 3. The summed E-state index contributed by atoms with van der Waals surface area (Å²) in [6, 6.07) is 0. The van der Waals surface area contributed by atoms with E-state index in [0.29, 0.717) is 12.8 Å². The zero-order chi connectivity index (χ0) is 31.1. The topological polar surface area (TPSA) is 186 Å². The van der Waals surface area contributed by atoms with Crippen molar-refractivity contribution in [3.63, 3.8) is 0 Å². The highest BCUT2D eigenvalue weighted by Crippen LogP contribution is 2.52. The van der Waals surface area contributed by atoms with Crippen molar-refractivity contribution >= 4 is 32.0 Å². The number of guanidine groups is 1. The summed E-state index contributed by atoms with van der Waals surface area (Å²) in [5.74, 6) is -1.73. The second-order valence-corrected chi connectivity index (χ2v) is 11.0. The molecule has 3 N–H and O–H groups in total. The number of hydrogen-bond acceptors (Lipinski definition) is 10. The second kappa shape index (κ2) is 23.0. The van der Waals surface area contributed by atoms with Crippen molar-refractivity contribution in [2.24, 2.45) is 10.5 Å². The van der Waals surface area contributed by atoms with Gasteiger partial charge in [-0.3, -0.25) is 4.79 Å². The first kappa shape index (κ1) is 38.4. The minimum Gasteiger partial charge on any atom is -0.480 e. The van der Waals surface area contributed by atoms with Gasteiger partial charge in [-0.25, -0.2) is 23.2 Å². The predicted molar refractivity (Wildman–Crippen MR) is 152 cm³/mol. The van der Waals surface area contributed by atoms with Gasteiger partial charge in [0.15, 0.2) is 0 Å².